The summed E-state index contributed by atoms with van der Waals surface area (Å²) in [5, 5.41) is 32.2. The Kier molecular flexibility index (Phi) is 10.7. The van der Waals surface area contributed by atoms with Crippen LogP contribution in [0.3, 0.4) is 0 Å². The van der Waals surface area contributed by atoms with Crippen molar-refractivity contribution in [2.45, 2.75) is 83.9 Å². The normalized spacial score (nSPS) is 24.2. The zero-order valence-corrected chi connectivity index (χ0v) is 26.2. The molecule has 7 heteroatoms. The maximum atomic E-state index is 14.0. The first-order valence-corrected chi connectivity index (χ1v) is 16.5. The van der Waals surface area contributed by atoms with Crippen LogP contribution in [0.5, 0.6) is 5.75 Å². The van der Waals surface area contributed by atoms with Gasteiger partial charge in [-0.25, -0.2) is 0 Å². The number of phenols is 1. The second kappa shape index (κ2) is 14.7. The van der Waals surface area contributed by atoms with Crippen LogP contribution in [-0.4, -0.2) is 68.8 Å². The number of hydrogen-bond acceptors (Lipinski definition) is 6. The van der Waals surface area contributed by atoms with Gasteiger partial charge >= 0.3 is 0 Å². The van der Waals surface area contributed by atoms with Gasteiger partial charge in [-0.3, -0.25) is 19.4 Å². The van der Waals surface area contributed by atoms with Gasteiger partial charge in [0.05, 0.1) is 24.5 Å². The Hall–Kier alpha value is -3.26. The van der Waals surface area contributed by atoms with E-state index in [1.807, 2.05) is 30.3 Å². The molecular formula is C37H48N2O5. The maximum absolute atomic E-state index is 14.0. The molecule has 2 heterocycles. The lowest BCUT2D eigenvalue weighted by atomic mass is 9.67. The summed E-state index contributed by atoms with van der Waals surface area (Å²) >= 11 is 0. The van der Waals surface area contributed by atoms with E-state index in [9.17, 15) is 24.9 Å². The molecular weight excluding hydrogens is 552 g/mol. The molecule has 0 saturated carbocycles. The van der Waals surface area contributed by atoms with Crippen molar-refractivity contribution in [3.05, 3.63) is 82.4 Å². The first-order chi connectivity index (χ1) is 21.3. The highest BCUT2D eigenvalue weighted by atomic mass is 16.3. The highest BCUT2D eigenvalue weighted by Gasteiger charge is 2.56. The van der Waals surface area contributed by atoms with Gasteiger partial charge in [0.25, 0.3) is 0 Å². The summed E-state index contributed by atoms with van der Waals surface area (Å²) in [5.74, 6) is -1.67. The van der Waals surface area contributed by atoms with Crippen molar-refractivity contribution in [2.24, 2.45) is 17.8 Å². The SMILES string of the molecule is CCCC1=C([C@H](O)CC/C(=C/c2cccc(O)c2)CC)[C@H](CO)[C@@H]2C(=O)N(C3CCN(Cc4ccccc4)CC3)C(=O)[C@@H]2C1. The Labute approximate surface area is 261 Å². The second-order valence-corrected chi connectivity index (χ2v) is 12.8. The largest absolute Gasteiger partial charge is 0.508 e. The summed E-state index contributed by atoms with van der Waals surface area (Å²) < 4.78 is 0. The van der Waals surface area contributed by atoms with Crippen molar-refractivity contribution in [1.82, 2.24) is 9.80 Å². The monoisotopic (exact) mass is 600 g/mol. The predicted octanol–water partition coefficient (Wildman–Crippen LogP) is 5.70. The van der Waals surface area contributed by atoms with Crippen LogP contribution in [0.15, 0.2) is 71.3 Å². The van der Waals surface area contributed by atoms with E-state index in [2.05, 4.69) is 37.0 Å². The molecule has 3 N–H and O–H groups in total. The van der Waals surface area contributed by atoms with Gasteiger partial charge in [-0.2, -0.15) is 0 Å². The van der Waals surface area contributed by atoms with E-state index in [1.165, 1.54) is 5.56 Å². The van der Waals surface area contributed by atoms with Gasteiger partial charge in [0, 0.05) is 31.6 Å². The van der Waals surface area contributed by atoms with Gasteiger partial charge in [0.2, 0.25) is 11.8 Å². The minimum Gasteiger partial charge on any atom is -0.508 e. The molecule has 0 aromatic heterocycles. The molecule has 236 valence electrons. The van der Waals surface area contributed by atoms with Gasteiger partial charge in [-0.15, -0.1) is 0 Å². The molecule has 0 spiro atoms. The Morgan fingerprint density at radius 3 is 2.43 bits per heavy atom. The molecule has 0 bridgehead atoms. The van der Waals surface area contributed by atoms with E-state index in [0.29, 0.717) is 19.3 Å². The average molecular weight is 601 g/mol. The van der Waals surface area contributed by atoms with Crippen LogP contribution >= 0.6 is 0 Å². The van der Waals surface area contributed by atoms with Gasteiger partial charge in [0.1, 0.15) is 5.75 Å². The molecule has 2 amide bonds. The molecule has 2 aromatic rings. The van der Waals surface area contributed by atoms with E-state index in [1.54, 1.807) is 17.0 Å². The van der Waals surface area contributed by atoms with Gasteiger partial charge < -0.3 is 15.3 Å². The third-order valence-corrected chi connectivity index (χ3v) is 9.93. The van der Waals surface area contributed by atoms with E-state index in [4.69, 9.17) is 0 Å². The molecule has 1 aliphatic carbocycles. The van der Waals surface area contributed by atoms with E-state index >= 15 is 0 Å². The number of fused-ring (bicyclic) bond motifs is 1. The predicted molar refractivity (Wildman–Crippen MR) is 172 cm³/mol. The second-order valence-electron chi connectivity index (χ2n) is 12.8. The molecule has 5 rings (SSSR count). The van der Waals surface area contributed by atoms with Crippen molar-refractivity contribution < 1.29 is 24.9 Å². The van der Waals surface area contributed by atoms with Crippen molar-refractivity contribution in [2.75, 3.05) is 19.7 Å². The average Bonchev–Trinajstić information content (AvgIpc) is 3.28. The summed E-state index contributed by atoms with van der Waals surface area (Å²) in [4.78, 5) is 31.8. The lowest BCUT2D eigenvalue weighted by Crippen LogP contribution is -2.47. The zero-order chi connectivity index (χ0) is 31.2. The smallest absolute Gasteiger partial charge is 0.234 e. The number of phenolic OH excluding ortho intramolecular Hbond substituents is 1. The van der Waals surface area contributed by atoms with Crippen molar-refractivity contribution in [3.63, 3.8) is 0 Å². The number of allylic oxidation sites excluding steroid dienone is 2. The number of amides is 2. The number of hydrogen-bond donors (Lipinski definition) is 3. The number of piperidine rings is 1. The lowest BCUT2D eigenvalue weighted by Gasteiger charge is -2.37. The summed E-state index contributed by atoms with van der Waals surface area (Å²) in [5.41, 5.74) is 5.15. The number of aliphatic hydroxyl groups is 2. The minimum absolute atomic E-state index is 0.0931. The molecule has 2 fully saturated rings. The van der Waals surface area contributed by atoms with Gasteiger partial charge in [-0.1, -0.05) is 80.0 Å². The highest BCUT2D eigenvalue weighted by Crippen LogP contribution is 2.48. The molecule has 4 atom stereocenters. The first kappa shape index (κ1) is 32.1. The number of imide groups is 1. The van der Waals surface area contributed by atoms with Crippen molar-refractivity contribution in [3.8, 4) is 5.75 Å². The lowest BCUT2D eigenvalue weighted by molar-refractivity contribution is -0.144. The fourth-order valence-corrected chi connectivity index (χ4v) is 7.74. The molecule has 2 aliphatic heterocycles. The number of carbonyl (C=O) groups excluding carboxylic acids is 2. The third kappa shape index (κ3) is 7.01. The zero-order valence-electron chi connectivity index (χ0n) is 26.2. The Morgan fingerprint density at radius 2 is 1.77 bits per heavy atom. The quantitative estimate of drug-likeness (QED) is 0.213. The van der Waals surface area contributed by atoms with Crippen LogP contribution in [-0.2, 0) is 16.1 Å². The number of carbonyl (C=O) groups is 2. The van der Waals surface area contributed by atoms with Gasteiger partial charge in [0.15, 0.2) is 0 Å². The molecule has 3 aliphatic rings. The number of aliphatic hydroxyl groups excluding tert-OH is 2. The molecule has 44 heavy (non-hydrogen) atoms. The molecule has 2 saturated heterocycles. The summed E-state index contributed by atoms with van der Waals surface area (Å²) in [6.07, 6.45) is 6.79. The number of aromatic hydroxyl groups is 1. The fourth-order valence-electron chi connectivity index (χ4n) is 7.74. The van der Waals surface area contributed by atoms with Crippen molar-refractivity contribution in [1.29, 1.82) is 0 Å². The van der Waals surface area contributed by atoms with Crippen molar-refractivity contribution >= 4 is 17.9 Å². The molecule has 7 nitrogen and oxygen atoms in total. The maximum Gasteiger partial charge on any atom is 0.234 e. The Balaban J connectivity index is 1.29. The standard InChI is InChI=1S/C37H48N2O5/c1-3-9-28-22-31-35(32(24-40)34(28)33(42)15-14-25(4-2)20-27-12-8-13-30(41)21-27)37(44)39(36(31)43)29-16-18-38(19-17-29)23-26-10-6-5-7-11-26/h5-8,10-13,20-21,29,31-33,35,40-42H,3-4,9,14-19,22-24H2,1-2H3/b25-20+/t31-,32+,33-,35-/m1/s1. The van der Waals surface area contributed by atoms with Crippen LogP contribution < -0.4 is 0 Å². The Morgan fingerprint density at radius 1 is 1.02 bits per heavy atom. The number of rotatable bonds is 12. The van der Waals surface area contributed by atoms with Crippen LogP contribution in [0.2, 0.25) is 0 Å². The van der Waals surface area contributed by atoms with Crippen LogP contribution in [0.1, 0.15) is 76.3 Å². The Bertz CT molecular complexity index is 1360. The van der Waals surface area contributed by atoms with Crippen LogP contribution in [0, 0.1) is 17.8 Å². The van der Waals surface area contributed by atoms with E-state index in [0.717, 1.165) is 74.0 Å². The van der Waals surface area contributed by atoms with E-state index in [-0.39, 0.29) is 30.2 Å². The van der Waals surface area contributed by atoms with E-state index < -0.39 is 23.9 Å². The van der Waals surface area contributed by atoms with Crippen LogP contribution in [0.4, 0.5) is 0 Å². The number of benzene rings is 2. The molecule has 0 radical (unpaired) electrons. The summed E-state index contributed by atoms with van der Waals surface area (Å²) in [6.45, 7) is 6.42. The number of likely N-dealkylation sites (tertiary alicyclic amines) is 2. The molecule has 0 unspecified atom stereocenters. The van der Waals surface area contributed by atoms with Gasteiger partial charge in [-0.05, 0) is 73.8 Å². The minimum atomic E-state index is -0.799. The number of nitrogens with zero attached hydrogens (tertiary/aromatic N) is 2. The topological polar surface area (TPSA) is 101 Å². The summed E-state index contributed by atoms with van der Waals surface area (Å²) in [6, 6.07) is 17.4. The summed E-state index contributed by atoms with van der Waals surface area (Å²) in [7, 11) is 0. The molecule has 2 aromatic carbocycles. The first-order valence-electron chi connectivity index (χ1n) is 16.5. The van der Waals surface area contributed by atoms with Crippen LogP contribution in [0.25, 0.3) is 6.08 Å². The fraction of sp³-hybridized carbons (Fsp3) is 0.514. The highest BCUT2D eigenvalue weighted by molar-refractivity contribution is 6.06. The third-order valence-electron chi connectivity index (χ3n) is 9.93.